The molecule has 1 aliphatic heterocycles. The van der Waals surface area contributed by atoms with Crippen molar-refractivity contribution < 1.29 is 28.9 Å². The maximum absolute atomic E-state index is 13.1. The minimum atomic E-state index is -0.781. The molecule has 32 heavy (non-hydrogen) atoms. The molecule has 1 saturated heterocycles. The van der Waals surface area contributed by atoms with Gasteiger partial charge in [-0.1, -0.05) is 24.3 Å². The number of carbonyl (C=O) groups excluding carboxylic acids is 2. The zero-order chi connectivity index (χ0) is 23.3. The van der Waals surface area contributed by atoms with Crippen molar-refractivity contribution in [2.45, 2.75) is 32.9 Å². The number of ether oxygens (including phenoxy) is 3. The first-order chi connectivity index (χ1) is 15.4. The van der Waals surface area contributed by atoms with Crippen molar-refractivity contribution in [3.63, 3.8) is 0 Å². The molecule has 0 aliphatic carbocycles. The average Bonchev–Trinajstić information content (AvgIpc) is 3.04. The van der Waals surface area contributed by atoms with Crippen molar-refractivity contribution in [2.75, 3.05) is 26.9 Å². The number of aliphatic hydroxyl groups excluding tert-OH is 1. The van der Waals surface area contributed by atoms with Crippen LogP contribution in [0.25, 0.3) is 5.76 Å². The van der Waals surface area contributed by atoms with E-state index in [0.717, 1.165) is 0 Å². The largest absolute Gasteiger partial charge is 0.507 e. The van der Waals surface area contributed by atoms with E-state index in [2.05, 4.69) is 0 Å². The number of amides is 1. The monoisotopic (exact) mass is 439 g/mol. The van der Waals surface area contributed by atoms with E-state index >= 15 is 0 Å². The van der Waals surface area contributed by atoms with Gasteiger partial charge in [-0.05, 0) is 50.6 Å². The van der Waals surface area contributed by atoms with Gasteiger partial charge in [0.2, 0.25) is 0 Å². The topological polar surface area (TPSA) is 85.3 Å². The number of aliphatic hydroxyl groups is 1. The third-order valence-corrected chi connectivity index (χ3v) is 5.17. The molecule has 1 heterocycles. The summed E-state index contributed by atoms with van der Waals surface area (Å²) >= 11 is 0. The number of ketones is 1. The van der Waals surface area contributed by atoms with E-state index in [1.54, 1.807) is 42.5 Å². The van der Waals surface area contributed by atoms with E-state index in [9.17, 15) is 14.7 Å². The molecular formula is C25H29NO6. The zero-order valence-electron chi connectivity index (χ0n) is 18.8. The second kappa shape index (κ2) is 10.3. The van der Waals surface area contributed by atoms with E-state index in [4.69, 9.17) is 14.2 Å². The van der Waals surface area contributed by atoms with Crippen molar-refractivity contribution >= 4 is 17.4 Å². The fraction of sp³-hybridized carbons (Fsp3) is 0.360. The average molecular weight is 440 g/mol. The predicted molar refractivity (Wildman–Crippen MR) is 121 cm³/mol. The molecule has 1 fully saturated rings. The summed E-state index contributed by atoms with van der Waals surface area (Å²) < 4.78 is 16.6. The Balaban J connectivity index is 2.14. The van der Waals surface area contributed by atoms with Gasteiger partial charge in [0.05, 0.1) is 43.6 Å². The summed E-state index contributed by atoms with van der Waals surface area (Å²) in [5.41, 5.74) is 1.02. The molecule has 3 rings (SSSR count). The number of nitrogens with zero attached hydrogens (tertiary/aromatic N) is 1. The summed E-state index contributed by atoms with van der Waals surface area (Å²) in [6.07, 6.45) is -0.0138. The second-order valence-corrected chi connectivity index (χ2v) is 7.62. The summed E-state index contributed by atoms with van der Waals surface area (Å²) in [4.78, 5) is 27.5. The smallest absolute Gasteiger partial charge is 0.295 e. The Kier molecular flexibility index (Phi) is 7.53. The highest BCUT2D eigenvalue weighted by molar-refractivity contribution is 6.46. The molecule has 1 unspecified atom stereocenters. The van der Waals surface area contributed by atoms with Crippen LogP contribution in [0.15, 0.2) is 54.1 Å². The van der Waals surface area contributed by atoms with E-state index in [1.807, 2.05) is 26.8 Å². The summed E-state index contributed by atoms with van der Waals surface area (Å²) in [7, 11) is 1.48. The van der Waals surface area contributed by atoms with Gasteiger partial charge in [-0.15, -0.1) is 0 Å². The number of carbonyl (C=O) groups is 2. The molecule has 0 bridgehead atoms. The van der Waals surface area contributed by atoms with Crippen molar-refractivity contribution in [2.24, 2.45) is 0 Å². The van der Waals surface area contributed by atoms with Crippen molar-refractivity contribution in [1.82, 2.24) is 4.90 Å². The van der Waals surface area contributed by atoms with Crippen LogP contribution in [0.3, 0.4) is 0 Å². The Bertz CT molecular complexity index is 1010. The lowest BCUT2D eigenvalue weighted by Gasteiger charge is -2.26. The normalized spacial score (nSPS) is 17.8. The Hall–Kier alpha value is -3.32. The minimum absolute atomic E-state index is 0.0118. The number of methoxy groups -OCH3 is 1. The third-order valence-electron chi connectivity index (χ3n) is 5.17. The SMILES string of the molecule is CCOc1cccc(C2/C(=C(/O)c3ccccc3OC)C(=O)C(=O)N2CCOC(C)C)c1. The minimum Gasteiger partial charge on any atom is -0.507 e. The van der Waals surface area contributed by atoms with Gasteiger partial charge in [0, 0.05) is 6.54 Å². The van der Waals surface area contributed by atoms with E-state index < -0.39 is 17.7 Å². The van der Waals surface area contributed by atoms with Crippen LogP contribution in [0.4, 0.5) is 0 Å². The number of rotatable bonds is 9. The number of para-hydroxylation sites is 1. The highest BCUT2D eigenvalue weighted by atomic mass is 16.5. The van der Waals surface area contributed by atoms with Gasteiger partial charge in [-0.3, -0.25) is 9.59 Å². The first-order valence-corrected chi connectivity index (χ1v) is 10.6. The predicted octanol–water partition coefficient (Wildman–Crippen LogP) is 3.94. The maximum atomic E-state index is 13.1. The highest BCUT2D eigenvalue weighted by Gasteiger charge is 2.46. The molecule has 7 heteroatoms. The van der Waals surface area contributed by atoms with Crippen molar-refractivity contribution in [3.05, 3.63) is 65.2 Å². The summed E-state index contributed by atoms with van der Waals surface area (Å²) in [5, 5.41) is 11.2. The van der Waals surface area contributed by atoms with Gasteiger partial charge < -0.3 is 24.2 Å². The van der Waals surface area contributed by atoms with Gasteiger partial charge >= 0.3 is 0 Å². The fourth-order valence-corrected chi connectivity index (χ4v) is 3.77. The van der Waals surface area contributed by atoms with Gasteiger partial charge in [0.15, 0.2) is 0 Å². The molecule has 7 nitrogen and oxygen atoms in total. The quantitative estimate of drug-likeness (QED) is 0.362. The fourth-order valence-electron chi connectivity index (χ4n) is 3.77. The summed E-state index contributed by atoms with van der Waals surface area (Å²) in [6, 6.07) is 13.3. The van der Waals surface area contributed by atoms with Crippen LogP contribution in [0.2, 0.25) is 0 Å². The lowest BCUT2D eigenvalue weighted by Crippen LogP contribution is -2.33. The number of benzene rings is 2. The van der Waals surface area contributed by atoms with E-state index in [0.29, 0.717) is 29.2 Å². The van der Waals surface area contributed by atoms with Crippen LogP contribution in [-0.2, 0) is 14.3 Å². The van der Waals surface area contributed by atoms with Crippen molar-refractivity contribution in [3.8, 4) is 11.5 Å². The molecule has 0 radical (unpaired) electrons. The number of Topliss-reactive ketones (excluding diaryl/α,β-unsaturated/α-hetero) is 1. The molecule has 0 saturated carbocycles. The van der Waals surface area contributed by atoms with Crippen LogP contribution in [0.1, 0.15) is 37.9 Å². The van der Waals surface area contributed by atoms with Crippen LogP contribution >= 0.6 is 0 Å². The van der Waals surface area contributed by atoms with Gasteiger partial charge in [0.1, 0.15) is 17.3 Å². The maximum Gasteiger partial charge on any atom is 0.295 e. The molecule has 2 aromatic carbocycles. The molecule has 1 aliphatic rings. The van der Waals surface area contributed by atoms with Crippen LogP contribution < -0.4 is 9.47 Å². The van der Waals surface area contributed by atoms with Crippen LogP contribution in [0.5, 0.6) is 11.5 Å². The Labute approximate surface area is 188 Å². The Morgan fingerprint density at radius 2 is 1.88 bits per heavy atom. The molecule has 170 valence electrons. The van der Waals surface area contributed by atoms with E-state index in [-0.39, 0.29) is 30.6 Å². The van der Waals surface area contributed by atoms with Gasteiger partial charge in [-0.25, -0.2) is 0 Å². The molecule has 1 amide bonds. The summed E-state index contributed by atoms with van der Waals surface area (Å²) in [5.74, 6) is -0.683. The third kappa shape index (κ3) is 4.78. The molecule has 1 atom stereocenters. The number of hydrogen-bond acceptors (Lipinski definition) is 6. The standard InChI is InChI=1S/C25H29NO6/c1-5-31-18-10-8-9-17(15-18)22-21(23(27)19-11-6-7-12-20(19)30-4)24(28)25(29)26(22)13-14-32-16(2)3/h6-12,15-16,22,27H,5,13-14H2,1-4H3/b23-21-. The van der Waals surface area contributed by atoms with Crippen LogP contribution in [-0.4, -0.2) is 54.7 Å². The molecule has 2 aromatic rings. The zero-order valence-corrected chi connectivity index (χ0v) is 18.8. The Morgan fingerprint density at radius 1 is 1.12 bits per heavy atom. The number of hydrogen-bond donors (Lipinski definition) is 1. The Morgan fingerprint density at radius 3 is 2.56 bits per heavy atom. The molecular weight excluding hydrogens is 410 g/mol. The first kappa shape index (κ1) is 23.3. The number of likely N-dealkylation sites (tertiary alicyclic amines) is 1. The highest BCUT2D eigenvalue weighted by Crippen LogP contribution is 2.41. The molecule has 1 N–H and O–H groups in total. The molecule has 0 spiro atoms. The van der Waals surface area contributed by atoms with Gasteiger partial charge in [-0.2, -0.15) is 0 Å². The lowest BCUT2D eigenvalue weighted by atomic mass is 9.95. The van der Waals surface area contributed by atoms with Crippen LogP contribution in [0, 0.1) is 0 Å². The van der Waals surface area contributed by atoms with E-state index in [1.165, 1.54) is 12.0 Å². The summed E-state index contributed by atoms with van der Waals surface area (Å²) in [6.45, 7) is 6.63. The lowest BCUT2D eigenvalue weighted by molar-refractivity contribution is -0.140. The van der Waals surface area contributed by atoms with Gasteiger partial charge in [0.25, 0.3) is 11.7 Å². The van der Waals surface area contributed by atoms with Crippen molar-refractivity contribution in [1.29, 1.82) is 0 Å². The molecule has 0 aromatic heterocycles. The first-order valence-electron chi connectivity index (χ1n) is 10.6. The second-order valence-electron chi connectivity index (χ2n) is 7.62.